The first-order valence-electron chi connectivity index (χ1n) is 10.1. The van der Waals surface area contributed by atoms with Gasteiger partial charge in [0, 0.05) is 48.4 Å². The number of aromatic nitrogens is 1. The average Bonchev–Trinajstić information content (AvgIpc) is 3.14. The van der Waals surface area contributed by atoms with Crippen molar-refractivity contribution < 1.29 is 14.3 Å². The number of ether oxygens (including phenoxy) is 2. The SMILES string of the molecule is N/C=C\NCC1CN(c2ccc(-c3cccnc3)cc2)C(=O)O1.NC1C2COCC12. The summed E-state index contributed by atoms with van der Waals surface area (Å²) in [5.74, 6) is 1.47. The molecule has 3 atom stereocenters. The summed E-state index contributed by atoms with van der Waals surface area (Å²) < 4.78 is 10.4. The zero-order chi connectivity index (χ0) is 20.9. The summed E-state index contributed by atoms with van der Waals surface area (Å²) in [7, 11) is 0. The number of cyclic esters (lactones) is 1. The van der Waals surface area contributed by atoms with Crippen LogP contribution in [0.25, 0.3) is 11.1 Å². The lowest BCUT2D eigenvalue weighted by Gasteiger charge is -2.13. The topological polar surface area (TPSA) is 116 Å². The molecule has 1 aliphatic carbocycles. The lowest BCUT2D eigenvalue weighted by Crippen LogP contribution is -2.28. The maximum absolute atomic E-state index is 12.0. The Kier molecular flexibility index (Phi) is 6.15. The molecule has 3 fully saturated rings. The van der Waals surface area contributed by atoms with Crippen LogP contribution >= 0.6 is 0 Å². The third-order valence-electron chi connectivity index (χ3n) is 5.63. The molecule has 5 N–H and O–H groups in total. The lowest BCUT2D eigenvalue weighted by molar-refractivity contribution is 0.142. The highest BCUT2D eigenvalue weighted by molar-refractivity contribution is 5.90. The maximum atomic E-state index is 12.0. The molecule has 3 heterocycles. The molecule has 2 saturated heterocycles. The van der Waals surface area contributed by atoms with Crippen LogP contribution in [0, 0.1) is 11.8 Å². The van der Waals surface area contributed by atoms with Gasteiger partial charge < -0.3 is 26.3 Å². The third-order valence-corrected chi connectivity index (χ3v) is 5.63. The zero-order valence-corrected chi connectivity index (χ0v) is 16.7. The highest BCUT2D eigenvalue weighted by atomic mass is 16.6. The predicted molar refractivity (Wildman–Crippen MR) is 114 cm³/mol. The van der Waals surface area contributed by atoms with Gasteiger partial charge in [-0.05, 0) is 29.3 Å². The maximum Gasteiger partial charge on any atom is 0.414 e. The Balaban J connectivity index is 0.000000259. The smallest absolute Gasteiger partial charge is 0.414 e. The molecule has 8 nitrogen and oxygen atoms in total. The molecular formula is C22H27N5O3. The Hall–Kier alpha value is -3.10. The Bertz CT molecular complexity index is 864. The molecule has 158 valence electrons. The van der Waals surface area contributed by atoms with Crippen LogP contribution in [-0.2, 0) is 9.47 Å². The second-order valence-corrected chi connectivity index (χ2v) is 7.61. The van der Waals surface area contributed by atoms with Crippen LogP contribution in [0.2, 0.25) is 0 Å². The Morgan fingerprint density at radius 3 is 2.53 bits per heavy atom. The van der Waals surface area contributed by atoms with E-state index < -0.39 is 0 Å². The van der Waals surface area contributed by atoms with E-state index in [1.807, 2.05) is 42.6 Å². The van der Waals surface area contributed by atoms with Crippen molar-refractivity contribution in [1.82, 2.24) is 10.3 Å². The van der Waals surface area contributed by atoms with Gasteiger partial charge in [0.15, 0.2) is 0 Å². The minimum absolute atomic E-state index is 0.198. The predicted octanol–water partition coefficient (Wildman–Crippen LogP) is 1.68. The quantitative estimate of drug-likeness (QED) is 0.688. The number of pyridine rings is 1. The van der Waals surface area contributed by atoms with Crippen LogP contribution in [0.1, 0.15) is 0 Å². The van der Waals surface area contributed by atoms with Crippen LogP contribution in [0.5, 0.6) is 0 Å². The zero-order valence-electron chi connectivity index (χ0n) is 16.7. The number of hydrogen-bond acceptors (Lipinski definition) is 7. The fraction of sp³-hybridized carbons (Fsp3) is 0.364. The van der Waals surface area contributed by atoms with Gasteiger partial charge in [-0.3, -0.25) is 9.88 Å². The van der Waals surface area contributed by atoms with E-state index in [9.17, 15) is 4.79 Å². The van der Waals surface area contributed by atoms with E-state index in [-0.39, 0.29) is 12.2 Å². The van der Waals surface area contributed by atoms with Crippen LogP contribution in [0.15, 0.2) is 61.2 Å². The van der Waals surface area contributed by atoms with Gasteiger partial charge in [0.05, 0.1) is 26.3 Å². The minimum atomic E-state index is -0.331. The number of nitrogens with two attached hydrogens (primary N) is 2. The normalized spacial score (nSPS) is 26.7. The molecule has 1 saturated carbocycles. The monoisotopic (exact) mass is 409 g/mol. The molecule has 2 aromatic rings. The second kappa shape index (κ2) is 9.15. The van der Waals surface area contributed by atoms with Gasteiger partial charge in [0.2, 0.25) is 0 Å². The van der Waals surface area contributed by atoms with Gasteiger partial charge in [0.25, 0.3) is 0 Å². The Morgan fingerprint density at radius 2 is 1.93 bits per heavy atom. The number of rotatable bonds is 5. The average molecular weight is 409 g/mol. The van der Waals surface area contributed by atoms with Gasteiger partial charge in [0.1, 0.15) is 6.10 Å². The van der Waals surface area contributed by atoms with Crippen molar-refractivity contribution >= 4 is 11.8 Å². The number of nitrogens with zero attached hydrogens (tertiary/aromatic N) is 2. The molecule has 0 spiro atoms. The van der Waals surface area contributed by atoms with Gasteiger partial charge in [-0.1, -0.05) is 18.2 Å². The first kappa shape index (κ1) is 20.2. The molecule has 1 aromatic carbocycles. The van der Waals surface area contributed by atoms with Crippen molar-refractivity contribution in [2.75, 3.05) is 31.2 Å². The Labute approximate surface area is 175 Å². The standard InChI is InChI=1S/C17H18N4O2.C5H9NO/c18-7-9-20-11-16-12-21(17(22)23-16)15-5-3-13(4-6-15)14-2-1-8-19-10-14;6-5-3-1-7-2-4(3)5/h1-10,16,20H,11-12,18H2;3-5H,1-2,6H2/b9-7-;. The summed E-state index contributed by atoms with van der Waals surface area (Å²) in [6.45, 7) is 2.89. The first-order valence-corrected chi connectivity index (χ1v) is 10.1. The number of amides is 1. The van der Waals surface area contributed by atoms with Crippen LogP contribution < -0.4 is 21.7 Å². The number of anilines is 1. The molecule has 30 heavy (non-hydrogen) atoms. The van der Waals surface area contributed by atoms with Crippen molar-refractivity contribution in [2.45, 2.75) is 12.1 Å². The van der Waals surface area contributed by atoms with Gasteiger partial charge >= 0.3 is 6.09 Å². The molecule has 0 bridgehead atoms. The van der Waals surface area contributed by atoms with Crippen molar-refractivity contribution in [1.29, 1.82) is 0 Å². The van der Waals surface area contributed by atoms with Crippen molar-refractivity contribution in [3.05, 3.63) is 61.2 Å². The fourth-order valence-corrected chi connectivity index (χ4v) is 3.76. The molecular weight excluding hydrogens is 382 g/mol. The minimum Gasteiger partial charge on any atom is -0.442 e. The van der Waals surface area contributed by atoms with E-state index in [4.69, 9.17) is 20.9 Å². The van der Waals surface area contributed by atoms with E-state index in [1.54, 1.807) is 17.3 Å². The second-order valence-electron chi connectivity index (χ2n) is 7.61. The summed E-state index contributed by atoms with van der Waals surface area (Å²) in [5.41, 5.74) is 13.8. The lowest BCUT2D eigenvalue weighted by atomic mass is 10.1. The van der Waals surface area contributed by atoms with Gasteiger partial charge in [-0.25, -0.2) is 4.79 Å². The van der Waals surface area contributed by atoms with Crippen LogP contribution in [0.3, 0.4) is 0 Å². The number of hydrogen-bond donors (Lipinski definition) is 3. The van der Waals surface area contributed by atoms with E-state index in [1.165, 1.54) is 6.20 Å². The number of carbonyl (C=O) groups excluding carboxylic acids is 1. The molecule has 1 amide bonds. The first-order chi connectivity index (χ1) is 14.7. The summed E-state index contributed by atoms with van der Waals surface area (Å²) in [6, 6.07) is 12.2. The number of fused-ring (bicyclic) bond motifs is 1. The molecule has 1 aromatic heterocycles. The summed E-state index contributed by atoms with van der Waals surface area (Å²) in [4.78, 5) is 17.7. The van der Waals surface area contributed by atoms with E-state index in [2.05, 4.69) is 10.3 Å². The molecule has 5 rings (SSSR count). The highest BCUT2D eigenvalue weighted by Gasteiger charge is 2.51. The molecule has 8 heteroatoms. The van der Waals surface area contributed by atoms with E-state index in [0.29, 0.717) is 19.1 Å². The Morgan fingerprint density at radius 1 is 1.17 bits per heavy atom. The summed E-state index contributed by atoms with van der Waals surface area (Å²) >= 11 is 0. The number of benzene rings is 1. The van der Waals surface area contributed by atoms with Gasteiger partial charge in [-0.2, -0.15) is 0 Å². The van der Waals surface area contributed by atoms with Crippen LogP contribution in [-0.4, -0.2) is 49.5 Å². The fourth-order valence-electron chi connectivity index (χ4n) is 3.76. The molecule has 2 aliphatic heterocycles. The molecule has 0 radical (unpaired) electrons. The molecule has 3 unspecified atom stereocenters. The van der Waals surface area contributed by atoms with Crippen LogP contribution in [0.4, 0.5) is 10.5 Å². The summed E-state index contributed by atoms with van der Waals surface area (Å²) in [6.07, 6.45) is 6.06. The largest absolute Gasteiger partial charge is 0.442 e. The number of carbonyl (C=O) groups is 1. The van der Waals surface area contributed by atoms with Crippen molar-refractivity contribution in [3.8, 4) is 11.1 Å². The molecule has 3 aliphatic rings. The number of nitrogens with one attached hydrogen (secondary N) is 1. The third kappa shape index (κ3) is 4.55. The van der Waals surface area contributed by atoms with Crippen molar-refractivity contribution in [3.63, 3.8) is 0 Å². The van der Waals surface area contributed by atoms with E-state index >= 15 is 0 Å². The van der Waals surface area contributed by atoms with E-state index in [0.717, 1.165) is 41.9 Å². The summed E-state index contributed by atoms with van der Waals surface area (Å²) in [5, 5.41) is 2.98. The van der Waals surface area contributed by atoms with Gasteiger partial charge in [-0.15, -0.1) is 0 Å². The van der Waals surface area contributed by atoms with Crippen molar-refractivity contribution in [2.24, 2.45) is 23.3 Å². The highest BCUT2D eigenvalue weighted by Crippen LogP contribution is 2.42.